The van der Waals surface area contributed by atoms with Gasteiger partial charge in [-0.15, -0.1) is 0 Å². The monoisotopic (exact) mass is 266 g/mol. The third kappa shape index (κ3) is 4.35. The molecule has 0 radical (unpaired) electrons. The molecule has 1 rings (SSSR count). The molecule has 4 N–H and O–H groups in total. The van der Waals surface area contributed by atoms with Gasteiger partial charge >= 0.3 is 0 Å². The van der Waals surface area contributed by atoms with Crippen LogP contribution in [-0.4, -0.2) is 16.7 Å². The third-order valence-electron chi connectivity index (χ3n) is 3.06. The second-order valence-electron chi connectivity index (χ2n) is 5.03. The quantitative estimate of drug-likeness (QED) is 0.829. The Morgan fingerprint density at radius 1 is 1.44 bits per heavy atom. The van der Waals surface area contributed by atoms with Gasteiger partial charge in [-0.1, -0.05) is 31.2 Å². The molecule has 3 nitrogen and oxygen atoms in total. The first-order valence-electron chi connectivity index (χ1n) is 6.08. The molecule has 0 saturated heterocycles. The second-order valence-corrected chi connectivity index (χ2v) is 6.46. The third-order valence-corrected chi connectivity index (χ3v) is 4.27. The van der Waals surface area contributed by atoms with E-state index < -0.39 is 11.4 Å². The van der Waals surface area contributed by atoms with E-state index in [9.17, 15) is 4.79 Å². The number of thioether (sulfide) groups is 1. The van der Waals surface area contributed by atoms with Gasteiger partial charge < -0.3 is 11.5 Å². The molecule has 2 atom stereocenters. The van der Waals surface area contributed by atoms with Crippen molar-refractivity contribution in [1.82, 2.24) is 0 Å². The molecule has 0 spiro atoms. The first-order chi connectivity index (χ1) is 8.33. The number of amides is 1. The van der Waals surface area contributed by atoms with Gasteiger partial charge in [-0.3, -0.25) is 4.79 Å². The predicted octanol–water partition coefficient (Wildman–Crippen LogP) is 2.21. The molecule has 1 aromatic rings. The highest BCUT2D eigenvalue weighted by atomic mass is 32.2. The van der Waals surface area contributed by atoms with Crippen LogP contribution in [-0.2, 0) is 10.5 Å². The van der Waals surface area contributed by atoms with Crippen LogP contribution in [0.1, 0.15) is 31.4 Å². The van der Waals surface area contributed by atoms with E-state index >= 15 is 0 Å². The van der Waals surface area contributed by atoms with Gasteiger partial charge in [-0.2, -0.15) is 11.8 Å². The van der Waals surface area contributed by atoms with Crippen LogP contribution < -0.4 is 11.5 Å². The molecule has 0 fully saturated rings. The van der Waals surface area contributed by atoms with Crippen molar-refractivity contribution in [2.75, 3.05) is 0 Å². The van der Waals surface area contributed by atoms with Crippen LogP contribution in [0.2, 0.25) is 0 Å². The fraction of sp³-hybridized carbons (Fsp3) is 0.500. The number of primary amides is 1. The van der Waals surface area contributed by atoms with Crippen LogP contribution in [0.3, 0.4) is 0 Å². The Morgan fingerprint density at radius 2 is 2.06 bits per heavy atom. The summed E-state index contributed by atoms with van der Waals surface area (Å²) in [5.74, 6) is 0.494. The number of rotatable bonds is 6. The van der Waals surface area contributed by atoms with Gasteiger partial charge in [0, 0.05) is 11.0 Å². The maximum Gasteiger partial charge on any atom is 0.237 e. The van der Waals surface area contributed by atoms with Crippen LogP contribution in [0.4, 0.5) is 0 Å². The lowest BCUT2D eigenvalue weighted by Crippen LogP contribution is -2.50. The SMILES string of the molecule is Cc1ccccc1CSC(C)CC(C)(N)C(N)=O. The zero-order valence-electron chi connectivity index (χ0n) is 11.3. The zero-order chi connectivity index (χ0) is 13.8. The minimum Gasteiger partial charge on any atom is -0.368 e. The Balaban J connectivity index is 2.50. The molecule has 0 aromatic heterocycles. The molecular weight excluding hydrogens is 244 g/mol. The first-order valence-corrected chi connectivity index (χ1v) is 7.12. The normalized spacial score (nSPS) is 16.0. The maximum atomic E-state index is 11.2. The summed E-state index contributed by atoms with van der Waals surface area (Å²) in [5, 5.41) is 0.298. The summed E-state index contributed by atoms with van der Waals surface area (Å²) in [7, 11) is 0. The van der Waals surface area contributed by atoms with Crippen LogP contribution >= 0.6 is 11.8 Å². The lowest BCUT2D eigenvalue weighted by atomic mass is 9.97. The van der Waals surface area contributed by atoms with Crippen molar-refractivity contribution in [3.05, 3.63) is 35.4 Å². The van der Waals surface area contributed by atoms with E-state index in [1.54, 1.807) is 18.7 Å². The average Bonchev–Trinajstić information content (AvgIpc) is 2.27. The molecule has 1 aromatic carbocycles. The summed E-state index contributed by atoms with van der Waals surface area (Å²) < 4.78 is 0. The van der Waals surface area contributed by atoms with Gasteiger partial charge in [0.25, 0.3) is 0 Å². The second kappa shape index (κ2) is 6.25. The Hall–Kier alpha value is -1.00. The number of carbonyl (C=O) groups is 1. The molecule has 0 aliphatic heterocycles. The molecule has 0 aliphatic carbocycles. The molecule has 4 heteroatoms. The lowest BCUT2D eigenvalue weighted by Gasteiger charge is -2.24. The van der Waals surface area contributed by atoms with E-state index in [0.717, 1.165) is 5.75 Å². The smallest absolute Gasteiger partial charge is 0.237 e. The Labute approximate surface area is 113 Å². The molecule has 0 aliphatic rings. The number of hydrogen-bond acceptors (Lipinski definition) is 3. The Bertz CT molecular complexity index is 418. The van der Waals surface area contributed by atoms with Crippen molar-refractivity contribution in [1.29, 1.82) is 0 Å². The highest BCUT2D eigenvalue weighted by Gasteiger charge is 2.27. The average molecular weight is 266 g/mol. The number of carbonyl (C=O) groups excluding carboxylic acids is 1. The van der Waals surface area contributed by atoms with E-state index in [1.807, 2.05) is 12.1 Å². The summed E-state index contributed by atoms with van der Waals surface area (Å²) >= 11 is 1.80. The topological polar surface area (TPSA) is 69.1 Å². The van der Waals surface area contributed by atoms with Gasteiger partial charge in [-0.05, 0) is 31.4 Å². The predicted molar refractivity (Wildman–Crippen MR) is 78.3 cm³/mol. The van der Waals surface area contributed by atoms with Crippen LogP contribution in [0.25, 0.3) is 0 Å². The van der Waals surface area contributed by atoms with E-state index in [1.165, 1.54) is 11.1 Å². The van der Waals surface area contributed by atoms with Crippen LogP contribution in [0.15, 0.2) is 24.3 Å². The lowest BCUT2D eigenvalue weighted by molar-refractivity contribution is -0.122. The fourth-order valence-electron chi connectivity index (χ4n) is 1.76. The molecule has 1 amide bonds. The van der Waals surface area contributed by atoms with Gasteiger partial charge in [-0.25, -0.2) is 0 Å². The molecule has 100 valence electrons. The maximum absolute atomic E-state index is 11.2. The van der Waals surface area contributed by atoms with Gasteiger partial charge in [0.1, 0.15) is 0 Å². The highest BCUT2D eigenvalue weighted by molar-refractivity contribution is 7.99. The van der Waals surface area contributed by atoms with Gasteiger partial charge in [0.05, 0.1) is 5.54 Å². The number of benzene rings is 1. The van der Waals surface area contributed by atoms with Crippen molar-refractivity contribution < 1.29 is 4.79 Å². The minimum atomic E-state index is -0.919. The van der Waals surface area contributed by atoms with E-state index in [4.69, 9.17) is 11.5 Å². The van der Waals surface area contributed by atoms with E-state index in [-0.39, 0.29) is 0 Å². The summed E-state index contributed by atoms with van der Waals surface area (Å²) in [6, 6.07) is 8.32. The van der Waals surface area contributed by atoms with E-state index in [2.05, 4.69) is 26.0 Å². The molecule has 0 bridgehead atoms. The molecule has 2 unspecified atom stereocenters. The van der Waals surface area contributed by atoms with Crippen LogP contribution in [0.5, 0.6) is 0 Å². The largest absolute Gasteiger partial charge is 0.368 e. The molecule has 18 heavy (non-hydrogen) atoms. The molecular formula is C14H22N2OS. The summed E-state index contributed by atoms with van der Waals surface area (Å²) in [5.41, 5.74) is 12.8. The van der Waals surface area contributed by atoms with Crippen molar-refractivity contribution >= 4 is 17.7 Å². The minimum absolute atomic E-state index is 0.298. The highest BCUT2D eigenvalue weighted by Crippen LogP contribution is 2.25. The fourth-order valence-corrected chi connectivity index (χ4v) is 3.01. The summed E-state index contributed by atoms with van der Waals surface area (Å²) in [4.78, 5) is 11.2. The first kappa shape index (κ1) is 15.1. The number of nitrogens with two attached hydrogens (primary N) is 2. The van der Waals surface area contributed by atoms with E-state index in [0.29, 0.717) is 11.7 Å². The Kier molecular flexibility index (Phi) is 5.23. The van der Waals surface area contributed by atoms with Gasteiger partial charge in [0.2, 0.25) is 5.91 Å². The number of aryl methyl sites for hydroxylation is 1. The standard InChI is InChI=1S/C14H22N2OS/c1-10-6-4-5-7-12(10)9-18-11(2)8-14(3,16)13(15)17/h4-7,11H,8-9,16H2,1-3H3,(H2,15,17). The van der Waals surface area contributed by atoms with Crippen molar-refractivity contribution in [3.63, 3.8) is 0 Å². The molecule has 0 heterocycles. The van der Waals surface area contributed by atoms with Crippen molar-refractivity contribution in [2.24, 2.45) is 11.5 Å². The Morgan fingerprint density at radius 3 is 2.61 bits per heavy atom. The van der Waals surface area contributed by atoms with Crippen LogP contribution in [0, 0.1) is 6.92 Å². The summed E-state index contributed by atoms with van der Waals surface area (Å²) in [6.07, 6.45) is 0.596. The molecule has 0 saturated carbocycles. The number of hydrogen-bond donors (Lipinski definition) is 2. The van der Waals surface area contributed by atoms with Crippen molar-refractivity contribution in [3.8, 4) is 0 Å². The van der Waals surface area contributed by atoms with Gasteiger partial charge in [0.15, 0.2) is 0 Å². The summed E-state index contributed by atoms with van der Waals surface area (Å²) in [6.45, 7) is 5.88. The van der Waals surface area contributed by atoms with Crippen molar-refractivity contribution in [2.45, 2.75) is 43.7 Å². The zero-order valence-corrected chi connectivity index (χ0v) is 12.1.